The Bertz CT molecular complexity index is 673. The van der Waals surface area contributed by atoms with Crippen LogP contribution in [0.15, 0.2) is 35.9 Å². The average Bonchev–Trinajstić information content (AvgIpc) is 2.58. The molecule has 1 aromatic rings. The van der Waals surface area contributed by atoms with Gasteiger partial charge in [0.05, 0.1) is 0 Å². The third-order valence-electron chi connectivity index (χ3n) is 6.29. The van der Waals surface area contributed by atoms with Gasteiger partial charge in [0.15, 0.2) is 0 Å². The molecule has 0 bridgehead atoms. The van der Waals surface area contributed by atoms with Crippen molar-refractivity contribution in [3.8, 4) is 11.5 Å². The van der Waals surface area contributed by atoms with E-state index in [1.54, 1.807) is 0 Å². The number of phenols is 2. The summed E-state index contributed by atoms with van der Waals surface area (Å²) in [6, 6.07) is 3.75. The van der Waals surface area contributed by atoms with Crippen LogP contribution in [0.2, 0.25) is 0 Å². The highest BCUT2D eigenvalue weighted by atomic mass is 16.3. The van der Waals surface area contributed by atoms with Crippen LogP contribution in [-0.4, -0.2) is 10.2 Å². The fourth-order valence-electron chi connectivity index (χ4n) is 4.40. The fraction of sp³-hybridized carbons (Fsp3) is 0.600. The highest BCUT2D eigenvalue weighted by Gasteiger charge is 2.31. The lowest BCUT2D eigenvalue weighted by molar-refractivity contribution is 0.397. The molecule has 0 aromatic heterocycles. The molecule has 0 heterocycles. The van der Waals surface area contributed by atoms with Crippen LogP contribution in [0.1, 0.15) is 96.6 Å². The van der Waals surface area contributed by atoms with E-state index >= 15 is 0 Å². The van der Waals surface area contributed by atoms with Gasteiger partial charge in [-0.1, -0.05) is 70.3 Å². The number of hydrogen-bond donors (Lipinski definition) is 2. The molecule has 0 saturated carbocycles. The van der Waals surface area contributed by atoms with Crippen LogP contribution in [0.5, 0.6) is 11.5 Å². The van der Waals surface area contributed by atoms with E-state index in [1.165, 1.54) is 31.3 Å². The van der Waals surface area contributed by atoms with Gasteiger partial charge in [-0.3, -0.25) is 0 Å². The second kappa shape index (κ2) is 8.99. The number of aromatic hydroxyl groups is 2. The molecule has 2 N–H and O–H groups in total. The summed E-state index contributed by atoms with van der Waals surface area (Å²) in [5, 5.41) is 21.7. The second-order valence-electron chi connectivity index (χ2n) is 9.15. The minimum absolute atomic E-state index is 0.00188. The van der Waals surface area contributed by atoms with Crippen molar-refractivity contribution < 1.29 is 10.2 Å². The quantitative estimate of drug-likeness (QED) is 0.370. The van der Waals surface area contributed by atoms with Crippen molar-refractivity contribution >= 4 is 0 Å². The maximum absolute atomic E-state index is 10.9. The molecule has 2 nitrogen and oxygen atoms in total. The largest absolute Gasteiger partial charge is 0.507 e. The summed E-state index contributed by atoms with van der Waals surface area (Å²) in [7, 11) is 0. The summed E-state index contributed by atoms with van der Waals surface area (Å²) < 4.78 is 0. The first-order valence-corrected chi connectivity index (χ1v) is 10.6. The molecule has 2 heteroatoms. The zero-order valence-electron chi connectivity index (χ0n) is 17.9. The SMILES string of the molecule is C=C(C)[C@@H]1CCC(C)=C[C@H]1c1c(O)cc(C(C)(C)CCCCCC)cc1O. The molecule has 1 aromatic carbocycles. The summed E-state index contributed by atoms with van der Waals surface area (Å²) >= 11 is 0. The molecular weight excluding hydrogens is 332 g/mol. The van der Waals surface area contributed by atoms with E-state index in [2.05, 4.69) is 40.3 Å². The van der Waals surface area contributed by atoms with Crippen molar-refractivity contribution in [1.82, 2.24) is 0 Å². The summed E-state index contributed by atoms with van der Waals surface area (Å²) in [4.78, 5) is 0. The number of rotatable bonds is 8. The lowest BCUT2D eigenvalue weighted by Crippen LogP contribution is -2.19. The Hall–Kier alpha value is -1.70. The highest BCUT2D eigenvalue weighted by molar-refractivity contribution is 5.53. The van der Waals surface area contributed by atoms with Crippen molar-refractivity contribution in [3.63, 3.8) is 0 Å². The molecule has 1 aliphatic carbocycles. The summed E-state index contributed by atoms with van der Waals surface area (Å²) in [5.74, 6) is 0.694. The third kappa shape index (κ3) is 5.18. The minimum Gasteiger partial charge on any atom is -0.507 e. The van der Waals surface area contributed by atoms with E-state index in [9.17, 15) is 10.2 Å². The molecule has 2 atom stereocenters. The molecule has 27 heavy (non-hydrogen) atoms. The van der Waals surface area contributed by atoms with E-state index in [0.717, 1.165) is 30.4 Å². The van der Waals surface area contributed by atoms with Gasteiger partial charge in [-0.25, -0.2) is 0 Å². The molecule has 0 saturated heterocycles. The van der Waals surface area contributed by atoms with Crippen LogP contribution in [0.25, 0.3) is 0 Å². The third-order valence-corrected chi connectivity index (χ3v) is 6.29. The lowest BCUT2D eigenvalue weighted by atomic mass is 9.72. The molecule has 150 valence electrons. The van der Waals surface area contributed by atoms with Gasteiger partial charge in [0.25, 0.3) is 0 Å². The van der Waals surface area contributed by atoms with Crippen LogP contribution in [-0.2, 0) is 5.41 Å². The number of phenolic OH excluding ortho intramolecular Hbond substituents is 2. The molecule has 0 unspecified atom stereocenters. The number of allylic oxidation sites excluding steroid dienone is 3. The summed E-state index contributed by atoms with van der Waals surface area (Å²) in [6.45, 7) is 15.0. The van der Waals surface area contributed by atoms with E-state index in [1.807, 2.05) is 19.1 Å². The molecular formula is C25H38O2. The van der Waals surface area contributed by atoms with E-state index < -0.39 is 0 Å². The maximum Gasteiger partial charge on any atom is 0.123 e. The van der Waals surface area contributed by atoms with E-state index in [4.69, 9.17) is 0 Å². The smallest absolute Gasteiger partial charge is 0.123 e. The van der Waals surface area contributed by atoms with E-state index in [0.29, 0.717) is 5.56 Å². The predicted molar refractivity (Wildman–Crippen MR) is 116 cm³/mol. The van der Waals surface area contributed by atoms with E-state index in [-0.39, 0.29) is 28.7 Å². The minimum atomic E-state index is -0.0622. The number of hydrogen-bond acceptors (Lipinski definition) is 2. The van der Waals surface area contributed by atoms with Gasteiger partial charge in [-0.15, -0.1) is 0 Å². The molecule has 0 spiro atoms. The van der Waals surface area contributed by atoms with Crippen molar-refractivity contribution in [2.45, 2.75) is 90.9 Å². The monoisotopic (exact) mass is 370 g/mol. The van der Waals surface area contributed by atoms with Gasteiger partial charge < -0.3 is 10.2 Å². The van der Waals surface area contributed by atoms with Crippen molar-refractivity contribution in [2.24, 2.45) is 5.92 Å². The van der Waals surface area contributed by atoms with Gasteiger partial charge in [0.2, 0.25) is 0 Å². The summed E-state index contributed by atoms with van der Waals surface area (Å²) in [6.07, 6.45) is 10.2. The molecule has 0 aliphatic heterocycles. The van der Waals surface area contributed by atoms with Crippen molar-refractivity contribution in [1.29, 1.82) is 0 Å². The zero-order chi connectivity index (χ0) is 20.2. The molecule has 0 amide bonds. The topological polar surface area (TPSA) is 40.5 Å². The van der Waals surface area contributed by atoms with Crippen molar-refractivity contribution in [2.75, 3.05) is 0 Å². The highest BCUT2D eigenvalue weighted by Crippen LogP contribution is 2.47. The first-order valence-electron chi connectivity index (χ1n) is 10.6. The zero-order valence-corrected chi connectivity index (χ0v) is 17.9. The fourth-order valence-corrected chi connectivity index (χ4v) is 4.40. The Morgan fingerprint density at radius 2 is 1.78 bits per heavy atom. The predicted octanol–water partition coefficient (Wildman–Crippen LogP) is 7.36. The molecule has 0 fully saturated rings. The Labute approximate surface area is 166 Å². The van der Waals surface area contributed by atoms with Gasteiger partial charge >= 0.3 is 0 Å². The maximum atomic E-state index is 10.9. The molecule has 0 radical (unpaired) electrons. The standard InChI is InChI=1S/C25H38O2/c1-7-8-9-10-13-25(5,6)19-15-22(26)24(23(27)16-19)21-14-18(4)11-12-20(21)17(2)3/h14-16,20-21,26-27H,2,7-13H2,1,3-6H3/t20-,21+/m0/s1. The van der Waals surface area contributed by atoms with Crippen LogP contribution in [0, 0.1) is 5.92 Å². The Kier molecular flexibility index (Phi) is 7.19. The second-order valence-corrected chi connectivity index (χ2v) is 9.15. The average molecular weight is 371 g/mol. The van der Waals surface area contributed by atoms with Crippen LogP contribution >= 0.6 is 0 Å². The van der Waals surface area contributed by atoms with Gasteiger partial charge in [-0.2, -0.15) is 0 Å². The first-order chi connectivity index (χ1) is 12.7. The number of benzene rings is 1. The van der Waals surface area contributed by atoms with Crippen LogP contribution in [0.3, 0.4) is 0 Å². The van der Waals surface area contributed by atoms with Crippen molar-refractivity contribution in [3.05, 3.63) is 47.1 Å². The summed E-state index contributed by atoms with van der Waals surface area (Å²) in [5.41, 5.74) is 4.04. The molecule has 2 rings (SSSR count). The van der Waals surface area contributed by atoms with Gasteiger partial charge in [0, 0.05) is 11.5 Å². The number of unbranched alkanes of at least 4 members (excludes halogenated alkanes) is 3. The Morgan fingerprint density at radius 1 is 1.15 bits per heavy atom. The van der Waals surface area contributed by atoms with Crippen LogP contribution < -0.4 is 0 Å². The first kappa shape index (κ1) is 21.6. The Balaban J connectivity index is 2.33. The normalized spacial score (nSPS) is 20.4. The van der Waals surface area contributed by atoms with Crippen LogP contribution in [0.4, 0.5) is 0 Å². The van der Waals surface area contributed by atoms with Gasteiger partial charge in [-0.05, 0) is 62.1 Å². The lowest BCUT2D eigenvalue weighted by Gasteiger charge is -2.32. The van der Waals surface area contributed by atoms with Gasteiger partial charge in [0.1, 0.15) is 11.5 Å². The Morgan fingerprint density at radius 3 is 2.33 bits per heavy atom. The molecule has 1 aliphatic rings.